The number of amides is 1. The third-order valence-electron chi connectivity index (χ3n) is 3.80. The highest BCUT2D eigenvalue weighted by atomic mass is 16.1. The van der Waals surface area contributed by atoms with Crippen molar-refractivity contribution < 1.29 is 4.79 Å². The van der Waals surface area contributed by atoms with Gasteiger partial charge in [-0.2, -0.15) is 0 Å². The minimum atomic E-state index is -0.111. The van der Waals surface area contributed by atoms with Gasteiger partial charge in [-0.05, 0) is 43.0 Å². The zero-order chi connectivity index (χ0) is 14.1. The fourth-order valence-corrected chi connectivity index (χ4v) is 2.39. The smallest absolute Gasteiger partial charge is 0.251 e. The Balaban J connectivity index is 2.08. The lowest BCUT2D eigenvalue weighted by Gasteiger charge is -2.25. The van der Waals surface area contributed by atoms with Crippen molar-refractivity contribution in [3.63, 3.8) is 0 Å². The quantitative estimate of drug-likeness (QED) is 0.857. The molecule has 1 aromatic rings. The molecule has 1 aromatic carbocycles. The molecule has 0 bridgehead atoms. The van der Waals surface area contributed by atoms with E-state index in [1.165, 1.54) is 5.56 Å². The average molecular weight is 260 g/mol. The van der Waals surface area contributed by atoms with E-state index in [0.717, 1.165) is 25.1 Å². The van der Waals surface area contributed by atoms with E-state index in [4.69, 9.17) is 0 Å². The summed E-state index contributed by atoms with van der Waals surface area (Å²) in [6.07, 6.45) is 0.985. The van der Waals surface area contributed by atoms with E-state index in [9.17, 15) is 4.79 Å². The molecule has 1 heterocycles. The second-order valence-corrected chi connectivity index (χ2v) is 6.77. The van der Waals surface area contributed by atoms with E-state index >= 15 is 0 Å². The lowest BCUT2D eigenvalue weighted by molar-refractivity contribution is 0.0913. The molecule has 0 saturated carbocycles. The lowest BCUT2D eigenvalue weighted by atomic mass is 9.86. The Bertz CT molecular complexity index is 451. The van der Waals surface area contributed by atoms with Crippen molar-refractivity contribution in [3.05, 3.63) is 35.4 Å². The summed E-state index contributed by atoms with van der Waals surface area (Å²) >= 11 is 0. The average Bonchev–Trinajstić information content (AvgIpc) is 2.75. The van der Waals surface area contributed by atoms with Crippen molar-refractivity contribution in [3.8, 4) is 0 Å². The van der Waals surface area contributed by atoms with Gasteiger partial charge in [-0.25, -0.2) is 0 Å². The van der Waals surface area contributed by atoms with Crippen LogP contribution in [0.1, 0.15) is 50.0 Å². The Morgan fingerprint density at radius 3 is 2.37 bits per heavy atom. The van der Waals surface area contributed by atoms with Crippen molar-refractivity contribution in [1.82, 2.24) is 10.6 Å². The van der Waals surface area contributed by atoms with Crippen molar-refractivity contribution >= 4 is 5.91 Å². The Labute approximate surface area is 115 Å². The molecule has 1 atom stereocenters. The predicted octanol–water partition coefficient (Wildman–Crippen LogP) is 2.47. The van der Waals surface area contributed by atoms with Gasteiger partial charge in [0, 0.05) is 12.1 Å². The maximum atomic E-state index is 12.2. The third kappa shape index (κ3) is 3.35. The maximum Gasteiger partial charge on any atom is 0.251 e. The van der Waals surface area contributed by atoms with Crippen molar-refractivity contribution in [2.24, 2.45) is 0 Å². The summed E-state index contributed by atoms with van der Waals surface area (Å²) < 4.78 is 0. The van der Waals surface area contributed by atoms with E-state index in [1.807, 2.05) is 24.3 Å². The van der Waals surface area contributed by atoms with Crippen molar-refractivity contribution in [2.75, 3.05) is 13.1 Å². The Kier molecular flexibility index (Phi) is 3.68. The zero-order valence-corrected chi connectivity index (χ0v) is 12.3. The third-order valence-corrected chi connectivity index (χ3v) is 3.80. The first kappa shape index (κ1) is 14.1. The first-order chi connectivity index (χ1) is 8.80. The molecule has 3 heteroatoms. The first-order valence-corrected chi connectivity index (χ1v) is 6.94. The second-order valence-electron chi connectivity index (χ2n) is 6.77. The molecule has 1 unspecified atom stereocenters. The summed E-state index contributed by atoms with van der Waals surface area (Å²) in [7, 11) is 0. The minimum absolute atomic E-state index is 0.0201. The number of carbonyl (C=O) groups excluding carboxylic acids is 1. The molecular formula is C16H24N2O. The molecule has 0 radical (unpaired) electrons. The van der Waals surface area contributed by atoms with E-state index in [1.54, 1.807) is 0 Å². The second kappa shape index (κ2) is 4.97. The largest absolute Gasteiger partial charge is 0.346 e. The van der Waals surface area contributed by atoms with Gasteiger partial charge in [-0.1, -0.05) is 32.9 Å². The molecule has 1 aliphatic heterocycles. The summed E-state index contributed by atoms with van der Waals surface area (Å²) in [5.41, 5.74) is 2.00. The summed E-state index contributed by atoms with van der Waals surface area (Å²) in [5, 5.41) is 6.41. The number of rotatable bonds is 2. The highest BCUT2D eigenvalue weighted by Gasteiger charge is 2.30. The van der Waals surface area contributed by atoms with Crippen LogP contribution in [-0.4, -0.2) is 24.5 Å². The van der Waals surface area contributed by atoms with E-state index in [0.29, 0.717) is 0 Å². The zero-order valence-electron chi connectivity index (χ0n) is 12.3. The van der Waals surface area contributed by atoms with E-state index in [2.05, 4.69) is 38.3 Å². The molecule has 1 fully saturated rings. The van der Waals surface area contributed by atoms with Crippen LogP contribution in [0.4, 0.5) is 0 Å². The van der Waals surface area contributed by atoms with Crippen LogP contribution in [0, 0.1) is 0 Å². The van der Waals surface area contributed by atoms with Gasteiger partial charge in [0.15, 0.2) is 0 Å². The summed E-state index contributed by atoms with van der Waals surface area (Å²) in [4.78, 5) is 12.2. The summed E-state index contributed by atoms with van der Waals surface area (Å²) in [6, 6.07) is 7.93. The minimum Gasteiger partial charge on any atom is -0.346 e. The van der Waals surface area contributed by atoms with Gasteiger partial charge in [0.25, 0.3) is 5.91 Å². The van der Waals surface area contributed by atoms with Gasteiger partial charge in [-0.15, -0.1) is 0 Å². The van der Waals surface area contributed by atoms with Crippen LogP contribution in [0.25, 0.3) is 0 Å². The van der Waals surface area contributed by atoms with Crippen LogP contribution < -0.4 is 10.6 Å². The number of benzene rings is 1. The summed E-state index contributed by atoms with van der Waals surface area (Å²) in [6.45, 7) is 10.4. The van der Waals surface area contributed by atoms with Crippen LogP contribution in [0.15, 0.2) is 24.3 Å². The van der Waals surface area contributed by atoms with E-state index < -0.39 is 0 Å². The molecule has 2 rings (SSSR count). The Morgan fingerprint density at radius 2 is 1.89 bits per heavy atom. The number of hydrogen-bond donors (Lipinski definition) is 2. The lowest BCUT2D eigenvalue weighted by Crippen LogP contribution is -2.47. The summed E-state index contributed by atoms with van der Waals surface area (Å²) in [5.74, 6) is 0.0201. The van der Waals surface area contributed by atoms with Gasteiger partial charge in [0.05, 0.1) is 5.54 Å². The Hall–Kier alpha value is -1.35. The van der Waals surface area contributed by atoms with Crippen molar-refractivity contribution in [1.29, 1.82) is 0 Å². The standard InChI is InChI=1S/C16H24N2O/c1-15(2,3)13-7-5-12(6-8-13)14(19)18-16(4)9-10-17-11-16/h5-8,17H,9-11H2,1-4H3,(H,18,19). The molecule has 104 valence electrons. The van der Waals surface area contributed by atoms with Crippen LogP contribution >= 0.6 is 0 Å². The molecule has 0 aromatic heterocycles. The van der Waals surface area contributed by atoms with Gasteiger partial charge < -0.3 is 10.6 Å². The molecule has 3 nitrogen and oxygen atoms in total. The molecule has 19 heavy (non-hydrogen) atoms. The monoisotopic (exact) mass is 260 g/mol. The van der Waals surface area contributed by atoms with Gasteiger partial charge in [0.2, 0.25) is 0 Å². The normalized spacial score (nSPS) is 23.4. The number of nitrogens with one attached hydrogen (secondary N) is 2. The van der Waals surface area contributed by atoms with Crippen LogP contribution in [-0.2, 0) is 5.41 Å². The molecule has 1 aliphatic rings. The molecule has 1 amide bonds. The van der Waals surface area contributed by atoms with Gasteiger partial charge in [-0.3, -0.25) is 4.79 Å². The maximum absolute atomic E-state index is 12.2. The topological polar surface area (TPSA) is 41.1 Å². The van der Waals surface area contributed by atoms with Crippen LogP contribution in [0.3, 0.4) is 0 Å². The predicted molar refractivity (Wildman–Crippen MR) is 78.5 cm³/mol. The van der Waals surface area contributed by atoms with Crippen LogP contribution in [0.5, 0.6) is 0 Å². The first-order valence-electron chi connectivity index (χ1n) is 6.94. The Morgan fingerprint density at radius 1 is 1.26 bits per heavy atom. The van der Waals surface area contributed by atoms with E-state index in [-0.39, 0.29) is 16.9 Å². The molecule has 1 saturated heterocycles. The fourth-order valence-electron chi connectivity index (χ4n) is 2.39. The highest BCUT2D eigenvalue weighted by molar-refractivity contribution is 5.94. The molecule has 2 N–H and O–H groups in total. The highest BCUT2D eigenvalue weighted by Crippen LogP contribution is 2.22. The van der Waals surface area contributed by atoms with Gasteiger partial charge >= 0.3 is 0 Å². The van der Waals surface area contributed by atoms with Gasteiger partial charge in [0.1, 0.15) is 0 Å². The molecular weight excluding hydrogens is 236 g/mol. The van der Waals surface area contributed by atoms with Crippen molar-refractivity contribution in [2.45, 2.75) is 45.1 Å². The number of hydrogen-bond acceptors (Lipinski definition) is 2. The molecule has 0 spiro atoms. The van der Waals surface area contributed by atoms with Crippen LogP contribution in [0.2, 0.25) is 0 Å². The fraction of sp³-hybridized carbons (Fsp3) is 0.562. The SMILES string of the molecule is CC1(NC(=O)c2ccc(C(C)(C)C)cc2)CCNC1. The molecule has 0 aliphatic carbocycles. The number of carbonyl (C=O) groups is 1.